The van der Waals surface area contributed by atoms with Crippen molar-refractivity contribution in [2.24, 2.45) is 11.1 Å². The van der Waals surface area contributed by atoms with Gasteiger partial charge in [-0.15, -0.1) is 0 Å². The Bertz CT molecular complexity index is 402. The van der Waals surface area contributed by atoms with Crippen LogP contribution >= 0.6 is 12.2 Å². The van der Waals surface area contributed by atoms with E-state index in [4.69, 9.17) is 18.0 Å². The zero-order valence-electron chi connectivity index (χ0n) is 10.5. The van der Waals surface area contributed by atoms with Gasteiger partial charge >= 0.3 is 0 Å². The number of amides is 1. The minimum Gasteiger partial charge on any atom is -0.392 e. The number of rotatable bonds is 6. The Morgan fingerprint density at radius 2 is 1.88 bits per heavy atom. The van der Waals surface area contributed by atoms with Crippen LogP contribution in [0.4, 0.5) is 0 Å². The molecule has 0 spiro atoms. The molecule has 0 unspecified atom stereocenters. The van der Waals surface area contributed by atoms with Crippen LogP contribution in [0.5, 0.6) is 0 Å². The summed E-state index contributed by atoms with van der Waals surface area (Å²) in [5.74, 6) is -0.530. The highest BCUT2D eigenvalue weighted by Crippen LogP contribution is 2.14. The van der Waals surface area contributed by atoms with Gasteiger partial charge in [0.1, 0.15) is 0 Å². The first-order chi connectivity index (χ1) is 7.51. The third-order valence-corrected chi connectivity index (χ3v) is 4.73. The summed E-state index contributed by atoms with van der Waals surface area (Å²) < 4.78 is 23.9. The summed E-state index contributed by atoms with van der Waals surface area (Å²) in [5, 5.41) is 2.50. The Labute approximate surface area is 108 Å². The summed E-state index contributed by atoms with van der Waals surface area (Å²) >= 11 is 4.76. The molecule has 0 heterocycles. The Morgan fingerprint density at radius 1 is 1.41 bits per heavy atom. The zero-order chi connectivity index (χ0) is 13.9. The zero-order valence-corrected chi connectivity index (χ0v) is 12.1. The summed E-state index contributed by atoms with van der Waals surface area (Å²) in [4.78, 5) is 11.7. The van der Waals surface area contributed by atoms with E-state index < -0.39 is 15.4 Å². The lowest BCUT2D eigenvalue weighted by Crippen LogP contribution is -2.46. The SMILES string of the molecule is CN(C)S(=O)(=O)CCNC(=O)C(C)(C)C(N)=S. The van der Waals surface area contributed by atoms with Crippen LogP contribution in [0.2, 0.25) is 0 Å². The van der Waals surface area contributed by atoms with E-state index in [-0.39, 0.29) is 23.2 Å². The van der Waals surface area contributed by atoms with Crippen LogP contribution in [-0.2, 0) is 14.8 Å². The van der Waals surface area contributed by atoms with Crippen LogP contribution in [0.1, 0.15) is 13.8 Å². The molecule has 0 bridgehead atoms. The second kappa shape index (κ2) is 5.74. The van der Waals surface area contributed by atoms with Crippen molar-refractivity contribution >= 4 is 33.1 Å². The van der Waals surface area contributed by atoms with Crippen LogP contribution in [0.3, 0.4) is 0 Å². The molecule has 0 saturated carbocycles. The fourth-order valence-electron chi connectivity index (χ4n) is 0.809. The number of hydrogen-bond donors (Lipinski definition) is 2. The largest absolute Gasteiger partial charge is 0.392 e. The van der Waals surface area contributed by atoms with Gasteiger partial charge in [-0.25, -0.2) is 12.7 Å². The lowest BCUT2D eigenvalue weighted by molar-refractivity contribution is -0.126. The van der Waals surface area contributed by atoms with Gasteiger partial charge in [-0.3, -0.25) is 4.79 Å². The fourth-order valence-corrected chi connectivity index (χ4v) is 1.63. The molecule has 3 N–H and O–H groups in total. The van der Waals surface area contributed by atoms with Gasteiger partial charge in [0.25, 0.3) is 0 Å². The van der Waals surface area contributed by atoms with Gasteiger partial charge < -0.3 is 11.1 Å². The number of carbonyl (C=O) groups excluding carboxylic acids is 1. The van der Waals surface area contributed by atoms with Crippen LogP contribution < -0.4 is 11.1 Å². The van der Waals surface area contributed by atoms with E-state index in [1.54, 1.807) is 13.8 Å². The third kappa shape index (κ3) is 4.57. The molecule has 0 aromatic rings. The lowest BCUT2D eigenvalue weighted by atomic mass is 9.92. The first-order valence-corrected chi connectivity index (χ1v) is 7.02. The van der Waals surface area contributed by atoms with Crippen molar-refractivity contribution in [1.82, 2.24) is 9.62 Å². The van der Waals surface area contributed by atoms with Crippen molar-refractivity contribution in [2.75, 3.05) is 26.4 Å². The molecule has 0 rings (SSSR count). The molecule has 100 valence electrons. The van der Waals surface area contributed by atoms with E-state index in [0.717, 1.165) is 4.31 Å². The van der Waals surface area contributed by atoms with Crippen LogP contribution in [0.15, 0.2) is 0 Å². The maximum atomic E-state index is 11.7. The molecule has 6 nitrogen and oxygen atoms in total. The van der Waals surface area contributed by atoms with Crippen molar-refractivity contribution < 1.29 is 13.2 Å². The van der Waals surface area contributed by atoms with Crippen LogP contribution in [-0.4, -0.2) is 50.0 Å². The van der Waals surface area contributed by atoms with E-state index in [1.807, 2.05) is 0 Å². The quantitative estimate of drug-likeness (QED) is 0.629. The van der Waals surface area contributed by atoms with Crippen molar-refractivity contribution in [3.63, 3.8) is 0 Å². The van der Waals surface area contributed by atoms with E-state index in [0.29, 0.717) is 0 Å². The molecule has 0 aliphatic rings. The highest BCUT2D eigenvalue weighted by atomic mass is 32.2. The number of carbonyl (C=O) groups is 1. The molecule has 0 aliphatic carbocycles. The molecule has 0 aromatic carbocycles. The van der Waals surface area contributed by atoms with Gasteiger partial charge in [-0.1, -0.05) is 12.2 Å². The van der Waals surface area contributed by atoms with Crippen molar-refractivity contribution in [3.05, 3.63) is 0 Å². The standard InChI is InChI=1S/C9H19N3O3S2/c1-9(2,7(10)16)8(13)11-5-6-17(14,15)12(3)4/h5-6H2,1-4H3,(H2,10,16)(H,11,13). The minimum absolute atomic E-state index is 0.0331. The molecule has 0 aliphatic heterocycles. The number of sulfonamides is 1. The summed E-state index contributed by atoms with van der Waals surface area (Å²) in [5.41, 5.74) is 4.45. The van der Waals surface area contributed by atoms with Gasteiger partial charge in [-0.05, 0) is 13.8 Å². The second-order valence-electron chi connectivity index (χ2n) is 4.34. The van der Waals surface area contributed by atoms with Gasteiger partial charge in [0, 0.05) is 20.6 Å². The molecule has 0 aromatic heterocycles. The summed E-state index contributed by atoms with van der Waals surface area (Å²) in [7, 11) is -0.424. The van der Waals surface area contributed by atoms with Gasteiger partial charge in [0.05, 0.1) is 16.2 Å². The predicted octanol–water partition coefficient (Wildman–Crippen LogP) is -0.694. The average Bonchev–Trinajstić information content (AvgIpc) is 2.16. The van der Waals surface area contributed by atoms with Crippen LogP contribution in [0, 0.1) is 5.41 Å². The van der Waals surface area contributed by atoms with Gasteiger partial charge in [0.15, 0.2) is 0 Å². The fraction of sp³-hybridized carbons (Fsp3) is 0.778. The maximum absolute atomic E-state index is 11.7. The Balaban J connectivity index is 4.35. The molecule has 8 heteroatoms. The third-order valence-electron chi connectivity index (χ3n) is 2.39. The number of hydrogen-bond acceptors (Lipinski definition) is 4. The monoisotopic (exact) mass is 281 g/mol. The first kappa shape index (κ1) is 16.3. The second-order valence-corrected chi connectivity index (χ2v) is 7.09. The maximum Gasteiger partial charge on any atom is 0.232 e. The van der Waals surface area contributed by atoms with Crippen molar-refractivity contribution in [2.45, 2.75) is 13.8 Å². The molecule has 17 heavy (non-hydrogen) atoms. The first-order valence-electron chi connectivity index (χ1n) is 5.00. The van der Waals surface area contributed by atoms with Crippen molar-refractivity contribution in [1.29, 1.82) is 0 Å². The van der Waals surface area contributed by atoms with E-state index in [1.165, 1.54) is 14.1 Å². The summed E-state index contributed by atoms with van der Waals surface area (Å²) in [6, 6.07) is 0. The normalized spacial score (nSPS) is 12.5. The Kier molecular flexibility index (Phi) is 5.50. The predicted molar refractivity (Wildman–Crippen MR) is 71.0 cm³/mol. The Morgan fingerprint density at radius 3 is 2.24 bits per heavy atom. The van der Waals surface area contributed by atoms with E-state index >= 15 is 0 Å². The molecule has 0 saturated heterocycles. The number of nitrogens with zero attached hydrogens (tertiary/aromatic N) is 1. The van der Waals surface area contributed by atoms with Gasteiger partial charge in [0.2, 0.25) is 15.9 Å². The highest BCUT2D eigenvalue weighted by Gasteiger charge is 2.30. The van der Waals surface area contributed by atoms with Crippen LogP contribution in [0.25, 0.3) is 0 Å². The topological polar surface area (TPSA) is 92.5 Å². The molecule has 0 radical (unpaired) electrons. The van der Waals surface area contributed by atoms with E-state index in [2.05, 4.69) is 5.32 Å². The van der Waals surface area contributed by atoms with Crippen molar-refractivity contribution in [3.8, 4) is 0 Å². The highest BCUT2D eigenvalue weighted by molar-refractivity contribution is 7.89. The Hall–Kier alpha value is -0.730. The molecular weight excluding hydrogens is 262 g/mol. The average molecular weight is 281 g/mol. The smallest absolute Gasteiger partial charge is 0.232 e. The van der Waals surface area contributed by atoms with E-state index in [9.17, 15) is 13.2 Å². The van der Waals surface area contributed by atoms with Gasteiger partial charge in [-0.2, -0.15) is 0 Å². The molecule has 0 atom stereocenters. The summed E-state index contributed by atoms with van der Waals surface area (Å²) in [6.07, 6.45) is 0. The lowest BCUT2D eigenvalue weighted by Gasteiger charge is -2.22. The molecule has 1 amide bonds. The summed E-state index contributed by atoms with van der Waals surface area (Å²) in [6.45, 7) is 3.21. The molecule has 0 fully saturated rings. The number of nitrogens with one attached hydrogen (secondary N) is 1. The minimum atomic E-state index is -3.31. The molecular formula is C9H19N3O3S2. The number of thiocarbonyl (C=S) groups is 1. The number of nitrogens with two attached hydrogens (primary N) is 1.